The third-order valence-corrected chi connectivity index (χ3v) is 6.80. The highest BCUT2D eigenvalue weighted by Crippen LogP contribution is 2.44. The van der Waals surface area contributed by atoms with Crippen molar-refractivity contribution in [2.24, 2.45) is 0 Å². The largest absolute Gasteiger partial charge is 0.493 e. The van der Waals surface area contributed by atoms with Gasteiger partial charge in [-0.3, -0.25) is 4.79 Å². The molecule has 2 aliphatic carbocycles. The number of ketones is 1. The number of nitrogens with one attached hydrogen (secondary N) is 1. The molecule has 0 saturated heterocycles. The number of esters is 1. The average Bonchev–Trinajstić information content (AvgIpc) is 2.82. The van der Waals surface area contributed by atoms with Crippen molar-refractivity contribution in [2.45, 2.75) is 83.7 Å². The lowest BCUT2D eigenvalue weighted by molar-refractivity contribution is -0.146. The van der Waals surface area contributed by atoms with Crippen molar-refractivity contribution in [2.75, 3.05) is 13.7 Å². The number of carbonyl (C=O) groups excluding carboxylic acids is 2. The molecule has 1 heterocycles. The lowest BCUT2D eigenvalue weighted by Crippen LogP contribution is -2.35. The van der Waals surface area contributed by atoms with Crippen molar-refractivity contribution >= 4 is 11.8 Å². The highest BCUT2D eigenvalue weighted by Gasteiger charge is 2.40. The summed E-state index contributed by atoms with van der Waals surface area (Å²) in [5.41, 5.74) is 3.74. The smallest absolute Gasteiger partial charge is 0.337 e. The number of hydrogen-bond acceptors (Lipinski definition) is 6. The van der Waals surface area contributed by atoms with E-state index < -0.39 is 5.92 Å². The molecule has 0 unspecified atom stereocenters. The van der Waals surface area contributed by atoms with Crippen LogP contribution in [0.1, 0.15) is 83.1 Å². The Morgan fingerprint density at radius 2 is 1.88 bits per heavy atom. The number of ether oxygens (including phenoxy) is 3. The molecule has 1 atom stereocenters. The fraction of sp³-hybridized carbons (Fsp3) is 0.556. The summed E-state index contributed by atoms with van der Waals surface area (Å²) in [7, 11) is 1.61. The topological polar surface area (TPSA) is 73.9 Å². The van der Waals surface area contributed by atoms with Gasteiger partial charge in [-0.05, 0) is 69.6 Å². The molecule has 4 rings (SSSR count). The van der Waals surface area contributed by atoms with Crippen LogP contribution in [0, 0.1) is 0 Å². The first-order valence-electron chi connectivity index (χ1n) is 12.3. The molecule has 3 aliphatic rings. The minimum Gasteiger partial charge on any atom is -0.493 e. The van der Waals surface area contributed by atoms with Gasteiger partial charge in [-0.25, -0.2) is 4.79 Å². The van der Waals surface area contributed by atoms with E-state index in [9.17, 15) is 9.59 Å². The number of methoxy groups -OCH3 is 1. The van der Waals surface area contributed by atoms with Gasteiger partial charge in [0.05, 0.1) is 19.3 Å². The van der Waals surface area contributed by atoms with E-state index in [0.29, 0.717) is 35.7 Å². The molecule has 0 bridgehead atoms. The molecule has 1 saturated carbocycles. The van der Waals surface area contributed by atoms with E-state index in [2.05, 4.69) is 12.2 Å². The summed E-state index contributed by atoms with van der Waals surface area (Å²) in [6.45, 7) is 4.55. The van der Waals surface area contributed by atoms with Crippen molar-refractivity contribution < 1.29 is 23.8 Å². The zero-order valence-corrected chi connectivity index (χ0v) is 20.0. The Bertz CT molecular complexity index is 971. The molecule has 0 aromatic heterocycles. The van der Waals surface area contributed by atoms with Gasteiger partial charge < -0.3 is 19.5 Å². The number of dihydropyridines is 1. The van der Waals surface area contributed by atoms with Crippen molar-refractivity contribution in [1.29, 1.82) is 0 Å². The maximum absolute atomic E-state index is 13.5. The minimum absolute atomic E-state index is 0.0519. The molecule has 0 radical (unpaired) electrons. The van der Waals surface area contributed by atoms with Crippen molar-refractivity contribution in [3.63, 3.8) is 0 Å². The molecule has 6 nitrogen and oxygen atoms in total. The van der Waals surface area contributed by atoms with Crippen LogP contribution in [0.2, 0.25) is 0 Å². The van der Waals surface area contributed by atoms with E-state index in [-0.39, 0.29) is 17.9 Å². The Labute approximate surface area is 196 Å². The van der Waals surface area contributed by atoms with Crippen LogP contribution in [0.5, 0.6) is 11.5 Å². The Hall–Kier alpha value is -2.76. The van der Waals surface area contributed by atoms with Crippen LogP contribution in [0.3, 0.4) is 0 Å². The summed E-state index contributed by atoms with van der Waals surface area (Å²) < 4.78 is 17.4. The van der Waals surface area contributed by atoms with Gasteiger partial charge in [0.25, 0.3) is 0 Å². The summed E-state index contributed by atoms with van der Waals surface area (Å²) >= 11 is 0. The molecule has 1 aliphatic heterocycles. The summed E-state index contributed by atoms with van der Waals surface area (Å²) in [6, 6.07) is 5.71. The molecule has 1 aromatic carbocycles. The summed E-state index contributed by atoms with van der Waals surface area (Å²) in [5.74, 6) is 0.552. The maximum atomic E-state index is 13.5. The predicted octanol–water partition coefficient (Wildman–Crippen LogP) is 5.33. The number of carbonyl (C=O) groups is 2. The number of hydrogen-bond donors (Lipinski definition) is 1. The van der Waals surface area contributed by atoms with Gasteiger partial charge in [0.2, 0.25) is 0 Å². The van der Waals surface area contributed by atoms with Gasteiger partial charge in [-0.1, -0.05) is 19.4 Å². The van der Waals surface area contributed by atoms with Gasteiger partial charge >= 0.3 is 5.97 Å². The van der Waals surface area contributed by atoms with E-state index >= 15 is 0 Å². The van der Waals surface area contributed by atoms with E-state index in [0.717, 1.165) is 61.9 Å². The lowest BCUT2D eigenvalue weighted by Gasteiger charge is -2.35. The van der Waals surface area contributed by atoms with Crippen LogP contribution in [0.15, 0.2) is 40.7 Å². The Morgan fingerprint density at radius 1 is 1.09 bits per heavy atom. The molecular weight excluding hydrogens is 418 g/mol. The third-order valence-electron chi connectivity index (χ3n) is 6.80. The maximum Gasteiger partial charge on any atom is 0.337 e. The highest BCUT2D eigenvalue weighted by atomic mass is 16.5. The normalized spacial score (nSPS) is 21.4. The highest BCUT2D eigenvalue weighted by molar-refractivity contribution is 6.03. The predicted molar refractivity (Wildman–Crippen MR) is 126 cm³/mol. The Kier molecular flexibility index (Phi) is 7.41. The van der Waals surface area contributed by atoms with Crippen LogP contribution in [-0.4, -0.2) is 31.6 Å². The SMILES string of the molecule is CCCOc1ccc([C@@H]2C(C(=O)OC3CCCCC3)=C(C)NC3=C2C(=O)CCC3)cc1OC. The molecule has 6 heteroatoms. The fourth-order valence-corrected chi connectivity index (χ4v) is 5.18. The second kappa shape index (κ2) is 10.4. The first kappa shape index (κ1) is 23.4. The number of benzene rings is 1. The zero-order chi connectivity index (χ0) is 23.4. The first-order chi connectivity index (χ1) is 16.0. The molecule has 0 amide bonds. The van der Waals surface area contributed by atoms with Gasteiger partial charge in [0.15, 0.2) is 17.3 Å². The number of rotatable bonds is 7. The van der Waals surface area contributed by atoms with Crippen molar-refractivity contribution in [1.82, 2.24) is 5.32 Å². The molecule has 0 spiro atoms. The monoisotopic (exact) mass is 453 g/mol. The van der Waals surface area contributed by atoms with Gasteiger partial charge in [-0.2, -0.15) is 0 Å². The van der Waals surface area contributed by atoms with Crippen LogP contribution in [0.4, 0.5) is 0 Å². The fourth-order valence-electron chi connectivity index (χ4n) is 5.18. The van der Waals surface area contributed by atoms with Gasteiger partial charge in [-0.15, -0.1) is 0 Å². The molecule has 1 N–H and O–H groups in total. The summed E-state index contributed by atoms with van der Waals surface area (Å²) in [5, 5.41) is 3.37. The third kappa shape index (κ3) is 4.94. The van der Waals surface area contributed by atoms with E-state index in [4.69, 9.17) is 14.2 Å². The van der Waals surface area contributed by atoms with Gasteiger partial charge in [0.1, 0.15) is 6.10 Å². The lowest BCUT2D eigenvalue weighted by atomic mass is 9.75. The molecule has 33 heavy (non-hydrogen) atoms. The summed E-state index contributed by atoms with van der Waals surface area (Å²) in [6.07, 6.45) is 8.12. The van der Waals surface area contributed by atoms with Crippen molar-refractivity contribution in [3.8, 4) is 11.5 Å². The second-order valence-electron chi connectivity index (χ2n) is 9.19. The van der Waals surface area contributed by atoms with Crippen LogP contribution >= 0.6 is 0 Å². The van der Waals surface area contributed by atoms with E-state index in [1.807, 2.05) is 25.1 Å². The van der Waals surface area contributed by atoms with Gasteiger partial charge in [0, 0.05) is 29.3 Å². The van der Waals surface area contributed by atoms with Crippen LogP contribution in [0.25, 0.3) is 0 Å². The Balaban J connectivity index is 1.74. The number of allylic oxidation sites excluding steroid dienone is 3. The molecule has 1 aromatic rings. The quantitative estimate of drug-likeness (QED) is 0.563. The molecule has 178 valence electrons. The van der Waals surface area contributed by atoms with E-state index in [1.165, 1.54) is 6.42 Å². The molecular formula is C27H35NO5. The van der Waals surface area contributed by atoms with Crippen molar-refractivity contribution in [3.05, 3.63) is 46.3 Å². The average molecular weight is 454 g/mol. The van der Waals surface area contributed by atoms with Crippen LogP contribution in [-0.2, 0) is 14.3 Å². The minimum atomic E-state index is -0.473. The first-order valence-corrected chi connectivity index (χ1v) is 12.3. The van der Waals surface area contributed by atoms with E-state index in [1.54, 1.807) is 7.11 Å². The standard InChI is InChI=1S/C27H35NO5/c1-4-15-32-22-14-13-18(16-23(22)31-3)25-24(27(30)33-19-9-6-5-7-10-19)17(2)28-20-11-8-12-21(29)26(20)25/h13-14,16,19,25,28H,4-12,15H2,1-3H3/t25-/m1/s1. The second-order valence-corrected chi connectivity index (χ2v) is 9.19. The zero-order valence-electron chi connectivity index (χ0n) is 20.0. The van der Waals surface area contributed by atoms with Crippen LogP contribution < -0.4 is 14.8 Å². The Morgan fingerprint density at radius 3 is 2.61 bits per heavy atom. The number of Topliss-reactive ketones (excluding diaryl/α,β-unsaturated/α-hetero) is 1. The summed E-state index contributed by atoms with van der Waals surface area (Å²) in [4.78, 5) is 26.6. The molecule has 1 fully saturated rings.